The topological polar surface area (TPSA) is 44.5 Å². The van der Waals surface area contributed by atoms with Gasteiger partial charge in [0, 0.05) is 25.2 Å². The Morgan fingerprint density at radius 1 is 1.29 bits per heavy atom. The zero-order valence-electron chi connectivity index (χ0n) is 8.95. The lowest BCUT2D eigenvalue weighted by Crippen LogP contribution is -2.43. The minimum atomic E-state index is 0.271. The fourth-order valence-corrected chi connectivity index (χ4v) is 2.67. The number of hydrogen-bond donors (Lipinski definition) is 1. The van der Waals surface area contributed by atoms with Crippen LogP contribution in [0, 0.1) is 11.8 Å². The van der Waals surface area contributed by atoms with Crippen molar-refractivity contribution in [3.8, 4) is 0 Å². The number of rotatable bonds is 2. The first kappa shape index (κ1) is 10.4. The van der Waals surface area contributed by atoms with Crippen LogP contribution in [0.15, 0.2) is 0 Å². The van der Waals surface area contributed by atoms with Gasteiger partial charge in [-0.1, -0.05) is 0 Å². The molecular formula is C11H21NO2. The van der Waals surface area contributed by atoms with Crippen molar-refractivity contribution in [2.75, 3.05) is 19.8 Å². The largest absolute Gasteiger partial charge is 0.381 e. The molecule has 0 saturated carbocycles. The van der Waals surface area contributed by atoms with Crippen LogP contribution in [0.3, 0.4) is 0 Å². The Labute approximate surface area is 85.9 Å². The highest BCUT2D eigenvalue weighted by atomic mass is 16.5. The summed E-state index contributed by atoms with van der Waals surface area (Å²) in [5, 5.41) is 0. The summed E-state index contributed by atoms with van der Waals surface area (Å²) in [4.78, 5) is 0. The van der Waals surface area contributed by atoms with Crippen LogP contribution in [0.25, 0.3) is 0 Å². The summed E-state index contributed by atoms with van der Waals surface area (Å²) >= 11 is 0. The first-order valence-electron chi connectivity index (χ1n) is 5.74. The predicted octanol–water partition coefficient (Wildman–Crippen LogP) is 1.17. The van der Waals surface area contributed by atoms with Crippen molar-refractivity contribution >= 4 is 0 Å². The third-order valence-corrected chi connectivity index (χ3v) is 3.67. The van der Waals surface area contributed by atoms with Gasteiger partial charge >= 0.3 is 0 Å². The normalized spacial score (nSPS) is 41.1. The van der Waals surface area contributed by atoms with Gasteiger partial charge in [-0.05, 0) is 32.1 Å². The zero-order chi connectivity index (χ0) is 9.97. The molecule has 0 aromatic heterocycles. The number of hydrogen-bond acceptors (Lipinski definition) is 3. The summed E-state index contributed by atoms with van der Waals surface area (Å²) in [7, 11) is 0. The average Bonchev–Trinajstić information content (AvgIpc) is 2.65. The SMILES string of the molecule is CC1OCCC1C(N)C1CCCOC1. The Kier molecular flexibility index (Phi) is 3.42. The summed E-state index contributed by atoms with van der Waals surface area (Å²) in [6, 6.07) is 0.271. The lowest BCUT2D eigenvalue weighted by Gasteiger charge is -2.32. The summed E-state index contributed by atoms with van der Waals surface area (Å²) in [5.41, 5.74) is 6.28. The Morgan fingerprint density at radius 2 is 2.14 bits per heavy atom. The first-order chi connectivity index (χ1) is 6.79. The molecule has 4 atom stereocenters. The molecule has 4 unspecified atom stereocenters. The van der Waals surface area contributed by atoms with Crippen LogP contribution >= 0.6 is 0 Å². The molecular weight excluding hydrogens is 178 g/mol. The molecule has 2 heterocycles. The molecule has 2 fully saturated rings. The molecule has 2 aliphatic heterocycles. The van der Waals surface area contributed by atoms with Gasteiger partial charge in [0.1, 0.15) is 0 Å². The third-order valence-electron chi connectivity index (χ3n) is 3.67. The van der Waals surface area contributed by atoms with Crippen molar-refractivity contribution in [2.24, 2.45) is 17.6 Å². The standard InChI is InChI=1S/C11H21NO2/c1-8-10(4-6-14-8)11(12)9-3-2-5-13-7-9/h8-11H,2-7,12H2,1H3. The zero-order valence-corrected chi connectivity index (χ0v) is 8.95. The van der Waals surface area contributed by atoms with E-state index in [2.05, 4.69) is 6.92 Å². The number of nitrogens with two attached hydrogens (primary N) is 1. The van der Waals surface area contributed by atoms with Crippen LogP contribution < -0.4 is 5.73 Å². The first-order valence-corrected chi connectivity index (χ1v) is 5.74. The van der Waals surface area contributed by atoms with Gasteiger partial charge in [0.05, 0.1) is 12.7 Å². The van der Waals surface area contributed by atoms with E-state index < -0.39 is 0 Å². The van der Waals surface area contributed by atoms with Crippen molar-refractivity contribution < 1.29 is 9.47 Å². The maximum atomic E-state index is 6.28. The van der Waals surface area contributed by atoms with E-state index in [1.165, 1.54) is 12.8 Å². The maximum Gasteiger partial charge on any atom is 0.0590 e. The van der Waals surface area contributed by atoms with E-state index in [-0.39, 0.29) is 6.04 Å². The fraction of sp³-hybridized carbons (Fsp3) is 1.00. The highest BCUT2D eigenvalue weighted by Gasteiger charge is 2.34. The van der Waals surface area contributed by atoms with E-state index in [9.17, 15) is 0 Å². The molecule has 0 aromatic carbocycles. The second kappa shape index (κ2) is 4.60. The van der Waals surface area contributed by atoms with Crippen molar-refractivity contribution in [3.63, 3.8) is 0 Å². The molecule has 3 heteroatoms. The smallest absolute Gasteiger partial charge is 0.0590 e. The minimum absolute atomic E-state index is 0.271. The molecule has 2 aliphatic rings. The summed E-state index contributed by atoms with van der Waals surface area (Å²) in [6.07, 6.45) is 3.86. The van der Waals surface area contributed by atoms with Crippen LogP contribution in [0.1, 0.15) is 26.2 Å². The van der Waals surface area contributed by atoms with Crippen LogP contribution in [-0.4, -0.2) is 32.0 Å². The highest BCUT2D eigenvalue weighted by Crippen LogP contribution is 2.29. The second-order valence-corrected chi connectivity index (χ2v) is 4.58. The minimum Gasteiger partial charge on any atom is -0.381 e. The predicted molar refractivity (Wildman–Crippen MR) is 55.0 cm³/mol. The van der Waals surface area contributed by atoms with E-state index in [1.807, 2.05) is 0 Å². The Balaban J connectivity index is 1.89. The Bertz CT molecular complexity index is 180. The second-order valence-electron chi connectivity index (χ2n) is 4.58. The van der Waals surface area contributed by atoms with Crippen LogP contribution in [-0.2, 0) is 9.47 Å². The summed E-state index contributed by atoms with van der Waals surface area (Å²) < 4.78 is 11.0. The lowest BCUT2D eigenvalue weighted by atomic mass is 9.82. The lowest BCUT2D eigenvalue weighted by molar-refractivity contribution is 0.0257. The van der Waals surface area contributed by atoms with Gasteiger partial charge in [-0.2, -0.15) is 0 Å². The molecule has 0 amide bonds. The van der Waals surface area contributed by atoms with Crippen molar-refractivity contribution in [1.29, 1.82) is 0 Å². The molecule has 82 valence electrons. The molecule has 2 rings (SSSR count). The quantitative estimate of drug-likeness (QED) is 0.726. The molecule has 0 aliphatic carbocycles. The van der Waals surface area contributed by atoms with E-state index in [1.54, 1.807) is 0 Å². The molecule has 0 bridgehead atoms. The van der Waals surface area contributed by atoms with Crippen LogP contribution in [0.4, 0.5) is 0 Å². The molecule has 0 spiro atoms. The summed E-state index contributed by atoms with van der Waals surface area (Å²) in [6.45, 7) is 4.79. The monoisotopic (exact) mass is 199 g/mol. The van der Waals surface area contributed by atoms with Gasteiger partial charge in [0.25, 0.3) is 0 Å². The van der Waals surface area contributed by atoms with E-state index in [4.69, 9.17) is 15.2 Å². The molecule has 3 nitrogen and oxygen atoms in total. The summed E-state index contributed by atoms with van der Waals surface area (Å²) in [5.74, 6) is 1.10. The van der Waals surface area contributed by atoms with Crippen molar-refractivity contribution in [2.45, 2.75) is 38.3 Å². The molecule has 2 N–H and O–H groups in total. The van der Waals surface area contributed by atoms with E-state index in [0.29, 0.717) is 17.9 Å². The molecule has 14 heavy (non-hydrogen) atoms. The van der Waals surface area contributed by atoms with Crippen molar-refractivity contribution in [1.82, 2.24) is 0 Å². The van der Waals surface area contributed by atoms with Gasteiger partial charge in [-0.25, -0.2) is 0 Å². The molecule has 2 saturated heterocycles. The third kappa shape index (κ3) is 2.10. The van der Waals surface area contributed by atoms with Gasteiger partial charge in [-0.3, -0.25) is 0 Å². The average molecular weight is 199 g/mol. The molecule has 0 radical (unpaired) electrons. The molecule has 0 aromatic rings. The Morgan fingerprint density at radius 3 is 2.71 bits per heavy atom. The van der Waals surface area contributed by atoms with Gasteiger partial charge < -0.3 is 15.2 Å². The fourth-order valence-electron chi connectivity index (χ4n) is 2.67. The van der Waals surface area contributed by atoms with Crippen LogP contribution in [0.5, 0.6) is 0 Å². The highest BCUT2D eigenvalue weighted by molar-refractivity contribution is 4.87. The number of ether oxygens (including phenoxy) is 2. The van der Waals surface area contributed by atoms with E-state index >= 15 is 0 Å². The van der Waals surface area contributed by atoms with Gasteiger partial charge in [0.2, 0.25) is 0 Å². The van der Waals surface area contributed by atoms with E-state index in [0.717, 1.165) is 26.2 Å². The van der Waals surface area contributed by atoms with Crippen molar-refractivity contribution in [3.05, 3.63) is 0 Å². The van der Waals surface area contributed by atoms with Gasteiger partial charge in [0.15, 0.2) is 0 Å². The maximum absolute atomic E-state index is 6.28. The Hall–Kier alpha value is -0.120. The van der Waals surface area contributed by atoms with Gasteiger partial charge in [-0.15, -0.1) is 0 Å². The van der Waals surface area contributed by atoms with Crippen LogP contribution in [0.2, 0.25) is 0 Å².